The SMILES string of the molecule is CO[C@H]1C[SH]([C@H](c2nc(C)c(C)nc2C)C2(O)CCC(F)(F)CC2)[C@H](CO)[C@H](O)[C@@H]1n1cc(-c2cc(F)c(F)c(F)c2)nn1. The van der Waals surface area contributed by atoms with Gasteiger partial charge in [-0.15, -0.1) is 5.10 Å². The van der Waals surface area contributed by atoms with Crippen LogP contribution >= 0.6 is 10.9 Å². The Morgan fingerprint density at radius 1 is 1.02 bits per heavy atom. The van der Waals surface area contributed by atoms with E-state index in [0.29, 0.717) is 22.8 Å². The monoisotopic (exact) mass is 645 g/mol. The van der Waals surface area contributed by atoms with Crippen molar-refractivity contribution in [3.05, 3.63) is 58.6 Å². The van der Waals surface area contributed by atoms with Gasteiger partial charge in [0, 0.05) is 36.5 Å². The van der Waals surface area contributed by atoms with E-state index in [1.807, 2.05) is 0 Å². The summed E-state index contributed by atoms with van der Waals surface area (Å²) in [6.45, 7) is 4.79. The van der Waals surface area contributed by atoms with Gasteiger partial charge in [-0.1, -0.05) is 5.21 Å². The summed E-state index contributed by atoms with van der Waals surface area (Å²) < 4.78 is 77.0. The van der Waals surface area contributed by atoms with Gasteiger partial charge in [-0.05, 0) is 45.7 Å². The molecule has 1 saturated carbocycles. The van der Waals surface area contributed by atoms with Gasteiger partial charge in [0.05, 0.1) is 58.6 Å². The van der Waals surface area contributed by atoms with Gasteiger partial charge in [-0.25, -0.2) is 37.5 Å². The lowest BCUT2D eigenvalue weighted by atomic mass is 9.79. The first-order valence-electron chi connectivity index (χ1n) is 14.3. The van der Waals surface area contributed by atoms with Crippen LogP contribution in [0.25, 0.3) is 11.3 Å². The van der Waals surface area contributed by atoms with Gasteiger partial charge in [-0.3, -0.25) is 9.97 Å². The van der Waals surface area contributed by atoms with Crippen LogP contribution in [0, 0.1) is 38.2 Å². The number of thiol groups is 1. The quantitative estimate of drug-likeness (QED) is 0.172. The summed E-state index contributed by atoms with van der Waals surface area (Å²) in [5.41, 5.74) is 0.577. The molecule has 0 amide bonds. The number of nitrogens with zero attached hydrogens (tertiary/aromatic N) is 5. The van der Waals surface area contributed by atoms with Crippen LogP contribution in [0.3, 0.4) is 0 Å². The molecule has 44 heavy (non-hydrogen) atoms. The predicted octanol–water partition coefficient (Wildman–Crippen LogP) is 4.05. The topological polar surface area (TPSA) is 126 Å². The van der Waals surface area contributed by atoms with Crippen molar-refractivity contribution in [1.29, 1.82) is 0 Å². The molecule has 0 spiro atoms. The van der Waals surface area contributed by atoms with Crippen molar-refractivity contribution in [3.8, 4) is 11.3 Å². The Morgan fingerprint density at radius 3 is 2.23 bits per heavy atom. The molecule has 2 aromatic heterocycles. The number of rotatable bonds is 7. The summed E-state index contributed by atoms with van der Waals surface area (Å²) in [6, 6.07) is 0.629. The van der Waals surface area contributed by atoms with Crippen molar-refractivity contribution in [2.75, 3.05) is 19.5 Å². The fourth-order valence-electron chi connectivity index (χ4n) is 6.44. The molecular weight excluding hydrogens is 609 g/mol. The molecule has 6 atom stereocenters. The van der Waals surface area contributed by atoms with Crippen LogP contribution in [-0.4, -0.2) is 88.7 Å². The maximum absolute atomic E-state index is 14.3. The molecule has 2 aliphatic rings. The Balaban J connectivity index is 1.55. The number of ether oxygens (including phenoxy) is 1. The number of aryl methyl sites for hydroxylation is 3. The first kappa shape index (κ1) is 32.7. The summed E-state index contributed by atoms with van der Waals surface area (Å²) in [4.78, 5) is 9.37. The minimum Gasteiger partial charge on any atom is -0.395 e. The van der Waals surface area contributed by atoms with E-state index >= 15 is 0 Å². The lowest BCUT2D eigenvalue weighted by Gasteiger charge is -2.53. The molecule has 0 bridgehead atoms. The number of methoxy groups -OCH3 is 1. The molecule has 3 aromatic rings. The molecule has 1 aromatic carbocycles. The van der Waals surface area contributed by atoms with Crippen LogP contribution in [0.15, 0.2) is 18.3 Å². The van der Waals surface area contributed by atoms with Crippen LogP contribution in [-0.2, 0) is 4.74 Å². The smallest absolute Gasteiger partial charge is 0.248 e. The zero-order valence-corrected chi connectivity index (χ0v) is 25.6. The predicted molar refractivity (Wildman–Crippen MR) is 153 cm³/mol. The van der Waals surface area contributed by atoms with Gasteiger partial charge < -0.3 is 20.1 Å². The van der Waals surface area contributed by atoms with E-state index < -0.39 is 88.1 Å². The number of hydrogen-bond donors (Lipinski definition) is 4. The fraction of sp³-hybridized carbons (Fsp3) is 0.586. The van der Waals surface area contributed by atoms with Gasteiger partial charge in [-0.2, -0.15) is 0 Å². The molecule has 1 aliphatic heterocycles. The zero-order chi connectivity index (χ0) is 32.1. The van der Waals surface area contributed by atoms with Crippen LogP contribution in [0.5, 0.6) is 0 Å². The molecule has 3 N–H and O–H groups in total. The molecule has 1 aliphatic carbocycles. The standard InChI is InChI=1S/C29H36F5N5O4S/c1-14-15(2)36-24(16(3)35-14)27(28(42)5-7-29(33,34)8-6-28)44-13-21(43-4)25(26(41)22(44)12-40)39-11-20(37-38-39)17-9-18(30)23(32)19(31)10-17/h9-11,21-22,25-27,40-42,44H,5-8,12-13H2,1-4H3/t21-,22+,25+,26-,27+/m0/s1. The molecular formula is C29H36F5N5O4S. The number of halogens is 5. The minimum absolute atomic E-state index is 0.00888. The summed E-state index contributed by atoms with van der Waals surface area (Å²) in [5.74, 6) is -7.13. The average molecular weight is 646 g/mol. The second-order valence-electron chi connectivity index (χ2n) is 11.8. The van der Waals surface area contributed by atoms with Gasteiger partial charge in [0.1, 0.15) is 11.7 Å². The van der Waals surface area contributed by atoms with Crippen molar-refractivity contribution in [1.82, 2.24) is 25.0 Å². The van der Waals surface area contributed by atoms with E-state index in [2.05, 4.69) is 15.3 Å². The Bertz CT molecular complexity index is 1490. The molecule has 0 radical (unpaired) electrons. The summed E-state index contributed by atoms with van der Waals surface area (Å²) in [5, 5.41) is 40.9. The van der Waals surface area contributed by atoms with Crippen LogP contribution in [0.1, 0.15) is 59.8 Å². The van der Waals surface area contributed by atoms with E-state index in [1.54, 1.807) is 20.8 Å². The molecule has 1 saturated heterocycles. The number of aromatic nitrogens is 5. The van der Waals surface area contributed by atoms with E-state index in [9.17, 15) is 37.3 Å². The Hall–Kier alpha value is -2.72. The maximum Gasteiger partial charge on any atom is 0.248 e. The summed E-state index contributed by atoms with van der Waals surface area (Å²) >= 11 is 0. The molecule has 9 nitrogen and oxygen atoms in total. The third kappa shape index (κ3) is 5.96. The Labute approximate surface area is 253 Å². The van der Waals surface area contributed by atoms with Gasteiger partial charge in [0.25, 0.3) is 0 Å². The van der Waals surface area contributed by atoms with Crippen LogP contribution in [0.4, 0.5) is 22.0 Å². The molecule has 5 rings (SSSR count). The first-order chi connectivity index (χ1) is 20.7. The van der Waals surface area contributed by atoms with Crippen molar-refractivity contribution < 1.29 is 42.0 Å². The number of aliphatic hydroxyl groups excluding tert-OH is 2. The highest BCUT2D eigenvalue weighted by Gasteiger charge is 2.55. The number of aliphatic hydroxyl groups is 3. The van der Waals surface area contributed by atoms with Gasteiger partial charge >= 0.3 is 0 Å². The Morgan fingerprint density at radius 2 is 1.64 bits per heavy atom. The van der Waals surface area contributed by atoms with Crippen molar-refractivity contribution in [2.24, 2.45) is 0 Å². The number of hydrogen-bond acceptors (Lipinski definition) is 8. The summed E-state index contributed by atoms with van der Waals surface area (Å²) in [6.07, 6.45) is -2.19. The lowest BCUT2D eigenvalue weighted by molar-refractivity contribution is -0.105. The minimum atomic E-state index is -2.92. The van der Waals surface area contributed by atoms with E-state index in [1.165, 1.54) is 18.0 Å². The van der Waals surface area contributed by atoms with Gasteiger partial charge in [0.15, 0.2) is 17.5 Å². The van der Waals surface area contributed by atoms with Crippen molar-refractivity contribution in [3.63, 3.8) is 0 Å². The normalized spacial score (nSPS) is 28.1. The second-order valence-corrected chi connectivity index (χ2v) is 14.3. The van der Waals surface area contributed by atoms with E-state index in [-0.39, 0.29) is 29.9 Å². The molecule has 242 valence electrons. The first-order valence-corrected chi connectivity index (χ1v) is 15.9. The molecule has 1 unspecified atom stereocenters. The number of benzene rings is 1. The average Bonchev–Trinajstić information content (AvgIpc) is 3.45. The van der Waals surface area contributed by atoms with Gasteiger partial charge in [0.2, 0.25) is 5.92 Å². The van der Waals surface area contributed by atoms with E-state index in [0.717, 1.165) is 12.1 Å². The van der Waals surface area contributed by atoms with Crippen LogP contribution in [0.2, 0.25) is 0 Å². The molecule has 15 heteroatoms. The highest BCUT2D eigenvalue weighted by atomic mass is 32.2. The Kier molecular flexibility index (Phi) is 9.08. The van der Waals surface area contributed by atoms with Crippen molar-refractivity contribution >= 4 is 10.9 Å². The number of alkyl halides is 2. The second kappa shape index (κ2) is 12.2. The zero-order valence-electron chi connectivity index (χ0n) is 24.7. The fourth-order valence-corrected chi connectivity index (χ4v) is 10.3. The third-order valence-corrected chi connectivity index (χ3v) is 12.5. The molecule has 3 heterocycles. The van der Waals surface area contributed by atoms with Crippen LogP contribution < -0.4 is 0 Å². The maximum atomic E-state index is 14.3. The van der Waals surface area contributed by atoms with Crippen molar-refractivity contribution in [2.45, 2.75) is 86.7 Å². The largest absolute Gasteiger partial charge is 0.395 e. The summed E-state index contributed by atoms with van der Waals surface area (Å²) in [7, 11) is -0.169. The third-order valence-electron chi connectivity index (χ3n) is 8.99. The van der Waals surface area contributed by atoms with E-state index in [4.69, 9.17) is 9.72 Å². The highest BCUT2D eigenvalue weighted by molar-refractivity contribution is 8.18. The highest BCUT2D eigenvalue weighted by Crippen LogP contribution is 2.61. The molecule has 2 fully saturated rings. The lowest BCUT2D eigenvalue weighted by Crippen LogP contribution is -2.54.